The molecule has 0 atom stereocenters. The highest BCUT2D eigenvalue weighted by molar-refractivity contribution is 5.77. The van der Waals surface area contributed by atoms with E-state index in [-0.39, 0.29) is 18.0 Å². The SMILES string of the molecule is CN(CCN1CCCCC1=O)C(=O)NC1CCN(Cc2ccccc2)CC1. The number of likely N-dealkylation sites (tertiary alicyclic amines) is 2. The van der Waals surface area contributed by atoms with Crippen molar-refractivity contribution in [2.45, 2.75) is 44.7 Å². The first-order valence-corrected chi connectivity index (χ1v) is 10.2. The monoisotopic (exact) mass is 372 g/mol. The molecule has 0 aliphatic carbocycles. The average Bonchev–Trinajstić information content (AvgIpc) is 2.69. The van der Waals surface area contributed by atoms with Gasteiger partial charge in [-0.05, 0) is 31.2 Å². The summed E-state index contributed by atoms with van der Waals surface area (Å²) in [6.07, 6.45) is 4.68. The normalized spacial score (nSPS) is 19.1. The fraction of sp³-hybridized carbons (Fsp3) is 0.619. The molecule has 0 spiro atoms. The van der Waals surface area contributed by atoms with Crippen molar-refractivity contribution in [3.63, 3.8) is 0 Å². The molecule has 1 N–H and O–H groups in total. The minimum atomic E-state index is -0.0269. The van der Waals surface area contributed by atoms with Crippen LogP contribution in [-0.4, -0.2) is 72.5 Å². The van der Waals surface area contributed by atoms with E-state index >= 15 is 0 Å². The van der Waals surface area contributed by atoms with Crippen molar-refractivity contribution in [2.24, 2.45) is 0 Å². The average molecular weight is 373 g/mol. The number of likely N-dealkylation sites (N-methyl/N-ethyl adjacent to an activating group) is 1. The molecule has 6 nitrogen and oxygen atoms in total. The lowest BCUT2D eigenvalue weighted by Crippen LogP contribution is -2.49. The molecule has 3 rings (SSSR count). The zero-order valence-corrected chi connectivity index (χ0v) is 16.4. The molecule has 0 unspecified atom stereocenters. The number of carbonyl (C=O) groups is 2. The van der Waals surface area contributed by atoms with E-state index in [1.807, 2.05) is 18.0 Å². The van der Waals surface area contributed by atoms with Crippen LogP contribution in [-0.2, 0) is 11.3 Å². The van der Waals surface area contributed by atoms with Crippen molar-refractivity contribution in [3.8, 4) is 0 Å². The summed E-state index contributed by atoms with van der Waals surface area (Å²) < 4.78 is 0. The topological polar surface area (TPSA) is 55.9 Å². The van der Waals surface area contributed by atoms with Crippen LogP contribution in [0, 0.1) is 0 Å². The molecule has 1 aromatic carbocycles. The van der Waals surface area contributed by atoms with Crippen molar-refractivity contribution in [1.29, 1.82) is 0 Å². The fourth-order valence-corrected chi connectivity index (χ4v) is 3.83. The van der Waals surface area contributed by atoms with E-state index in [4.69, 9.17) is 0 Å². The second-order valence-corrected chi connectivity index (χ2v) is 7.74. The Kier molecular flexibility index (Phi) is 7.10. The standard InChI is InChI=1S/C21H32N4O2/c1-23(15-16-25-12-6-5-9-20(25)26)21(27)22-19-10-13-24(14-11-19)17-18-7-3-2-4-8-18/h2-4,7-8,19H,5-6,9-17H2,1H3,(H,22,27). The number of piperidine rings is 2. The van der Waals surface area contributed by atoms with E-state index in [0.29, 0.717) is 19.5 Å². The number of amides is 3. The van der Waals surface area contributed by atoms with E-state index in [0.717, 1.165) is 51.9 Å². The number of urea groups is 1. The second-order valence-electron chi connectivity index (χ2n) is 7.74. The van der Waals surface area contributed by atoms with E-state index in [1.165, 1.54) is 5.56 Å². The van der Waals surface area contributed by atoms with Crippen LogP contribution in [0.4, 0.5) is 4.79 Å². The number of rotatable bonds is 6. The van der Waals surface area contributed by atoms with Crippen molar-refractivity contribution >= 4 is 11.9 Å². The van der Waals surface area contributed by atoms with Gasteiger partial charge < -0.3 is 15.1 Å². The first-order chi connectivity index (χ1) is 13.1. The van der Waals surface area contributed by atoms with Gasteiger partial charge in [0.2, 0.25) is 5.91 Å². The van der Waals surface area contributed by atoms with E-state index < -0.39 is 0 Å². The Morgan fingerprint density at radius 2 is 1.89 bits per heavy atom. The minimum Gasteiger partial charge on any atom is -0.341 e. The summed E-state index contributed by atoms with van der Waals surface area (Å²) in [6.45, 7) is 5.04. The smallest absolute Gasteiger partial charge is 0.317 e. The van der Waals surface area contributed by atoms with Crippen LogP contribution in [0.3, 0.4) is 0 Å². The summed E-state index contributed by atoms with van der Waals surface area (Å²) in [4.78, 5) is 30.3. The Bertz CT molecular complexity index is 614. The van der Waals surface area contributed by atoms with Crippen LogP contribution in [0.2, 0.25) is 0 Å². The number of benzene rings is 1. The van der Waals surface area contributed by atoms with Gasteiger partial charge in [-0.3, -0.25) is 9.69 Å². The number of hydrogen-bond acceptors (Lipinski definition) is 3. The minimum absolute atomic E-state index is 0.0269. The molecule has 1 aromatic rings. The summed E-state index contributed by atoms with van der Waals surface area (Å²) in [7, 11) is 1.81. The fourth-order valence-electron chi connectivity index (χ4n) is 3.83. The van der Waals surface area contributed by atoms with E-state index in [9.17, 15) is 9.59 Å². The number of hydrogen-bond donors (Lipinski definition) is 1. The lowest BCUT2D eigenvalue weighted by Gasteiger charge is -2.34. The Labute approximate surface area is 162 Å². The summed E-state index contributed by atoms with van der Waals surface area (Å²) >= 11 is 0. The number of nitrogens with zero attached hydrogens (tertiary/aromatic N) is 3. The molecule has 3 amide bonds. The van der Waals surface area contributed by atoms with Crippen molar-refractivity contribution in [1.82, 2.24) is 20.0 Å². The summed E-state index contributed by atoms with van der Waals surface area (Å²) in [5, 5.41) is 3.16. The third-order valence-corrected chi connectivity index (χ3v) is 5.64. The van der Waals surface area contributed by atoms with E-state index in [2.05, 4.69) is 34.5 Å². The molecule has 0 radical (unpaired) electrons. The van der Waals surface area contributed by atoms with Gasteiger partial charge >= 0.3 is 6.03 Å². The second kappa shape index (κ2) is 9.74. The highest BCUT2D eigenvalue weighted by Crippen LogP contribution is 2.14. The van der Waals surface area contributed by atoms with Gasteiger partial charge in [-0.15, -0.1) is 0 Å². The Morgan fingerprint density at radius 3 is 2.59 bits per heavy atom. The lowest BCUT2D eigenvalue weighted by molar-refractivity contribution is -0.133. The summed E-state index contributed by atoms with van der Waals surface area (Å²) in [5.74, 6) is 0.223. The molecule has 2 heterocycles. The van der Waals surface area contributed by atoms with Crippen molar-refractivity contribution in [2.75, 3.05) is 39.8 Å². The van der Waals surface area contributed by atoms with Gasteiger partial charge in [0.05, 0.1) is 0 Å². The Hall–Kier alpha value is -2.08. The van der Waals surface area contributed by atoms with Gasteiger partial charge in [0.1, 0.15) is 0 Å². The molecule has 2 saturated heterocycles. The molecule has 148 valence electrons. The van der Waals surface area contributed by atoms with Gasteiger partial charge in [0.15, 0.2) is 0 Å². The van der Waals surface area contributed by atoms with Gasteiger partial charge in [-0.1, -0.05) is 30.3 Å². The van der Waals surface area contributed by atoms with Gasteiger partial charge in [0, 0.05) is 58.8 Å². The van der Waals surface area contributed by atoms with Crippen LogP contribution < -0.4 is 5.32 Å². The Balaban J connectivity index is 1.35. The highest BCUT2D eigenvalue weighted by Gasteiger charge is 2.23. The molecule has 27 heavy (non-hydrogen) atoms. The first-order valence-electron chi connectivity index (χ1n) is 10.2. The lowest BCUT2D eigenvalue weighted by atomic mass is 10.0. The van der Waals surface area contributed by atoms with Gasteiger partial charge in [0.25, 0.3) is 0 Å². The predicted molar refractivity (Wildman–Crippen MR) is 106 cm³/mol. The highest BCUT2D eigenvalue weighted by atomic mass is 16.2. The zero-order chi connectivity index (χ0) is 19.1. The summed E-state index contributed by atoms with van der Waals surface area (Å²) in [5.41, 5.74) is 1.34. The van der Waals surface area contributed by atoms with Crippen LogP contribution in [0.1, 0.15) is 37.7 Å². The van der Waals surface area contributed by atoms with Crippen molar-refractivity contribution in [3.05, 3.63) is 35.9 Å². The maximum absolute atomic E-state index is 12.4. The third kappa shape index (κ3) is 5.96. The van der Waals surface area contributed by atoms with Crippen LogP contribution in [0.15, 0.2) is 30.3 Å². The maximum atomic E-state index is 12.4. The first kappa shape index (κ1) is 19.7. The quantitative estimate of drug-likeness (QED) is 0.834. The molecule has 2 aliphatic heterocycles. The summed E-state index contributed by atoms with van der Waals surface area (Å²) in [6, 6.07) is 10.7. The molecular formula is C21H32N4O2. The van der Waals surface area contributed by atoms with Gasteiger partial charge in [-0.2, -0.15) is 0 Å². The largest absolute Gasteiger partial charge is 0.341 e. The van der Waals surface area contributed by atoms with Crippen LogP contribution in [0.25, 0.3) is 0 Å². The Morgan fingerprint density at radius 1 is 1.15 bits per heavy atom. The molecule has 0 saturated carbocycles. The van der Waals surface area contributed by atoms with Crippen molar-refractivity contribution < 1.29 is 9.59 Å². The molecule has 0 bridgehead atoms. The molecule has 2 fully saturated rings. The molecular weight excluding hydrogens is 340 g/mol. The predicted octanol–water partition coefficient (Wildman–Crippen LogP) is 2.30. The van der Waals surface area contributed by atoms with Crippen LogP contribution in [0.5, 0.6) is 0 Å². The van der Waals surface area contributed by atoms with Crippen LogP contribution >= 0.6 is 0 Å². The molecule has 0 aromatic heterocycles. The zero-order valence-electron chi connectivity index (χ0n) is 16.4. The van der Waals surface area contributed by atoms with Gasteiger partial charge in [-0.25, -0.2) is 4.79 Å². The van der Waals surface area contributed by atoms with E-state index in [1.54, 1.807) is 4.90 Å². The number of carbonyl (C=O) groups excluding carboxylic acids is 2. The molecule has 6 heteroatoms. The number of nitrogens with one attached hydrogen (secondary N) is 1. The molecule has 2 aliphatic rings. The third-order valence-electron chi connectivity index (χ3n) is 5.64. The maximum Gasteiger partial charge on any atom is 0.317 e.